The van der Waals surface area contributed by atoms with Crippen LogP contribution in [0.15, 0.2) is 16.5 Å². The molecule has 0 bridgehead atoms. The van der Waals surface area contributed by atoms with Gasteiger partial charge in [-0.05, 0) is 33.2 Å². The van der Waals surface area contributed by atoms with Crippen LogP contribution >= 0.6 is 0 Å². The fraction of sp³-hybridized carbons (Fsp3) is 0.810. The van der Waals surface area contributed by atoms with Crippen LogP contribution in [0.4, 0.5) is 0 Å². The van der Waals surface area contributed by atoms with Gasteiger partial charge in [-0.25, -0.2) is 0 Å². The van der Waals surface area contributed by atoms with Crippen LogP contribution in [0.25, 0.3) is 0 Å². The summed E-state index contributed by atoms with van der Waals surface area (Å²) >= 11 is 0. The van der Waals surface area contributed by atoms with Crippen LogP contribution in [0, 0.1) is 0 Å². The minimum absolute atomic E-state index is 0.0439. The Bertz CT molecular complexity index is 812. The molecule has 0 spiro atoms. The first-order chi connectivity index (χ1) is 15.7. The number of furan rings is 1. The number of fused-ring (bicyclic) bond motifs is 2. The van der Waals surface area contributed by atoms with Gasteiger partial charge < -0.3 is 60.1 Å². The zero-order valence-corrected chi connectivity index (χ0v) is 19.0. The van der Waals surface area contributed by atoms with E-state index in [0.717, 1.165) is 0 Å². The van der Waals surface area contributed by atoms with Gasteiger partial charge >= 0.3 is 0 Å². The monoisotopic (exact) mass is 473 g/mol. The van der Waals surface area contributed by atoms with E-state index in [0.29, 0.717) is 11.5 Å². The number of ether oxygens (including phenoxy) is 3. The quantitative estimate of drug-likeness (QED) is 0.203. The molecular weight excluding hydrogens is 438 g/mol. The Morgan fingerprint density at radius 2 is 1.70 bits per heavy atom. The summed E-state index contributed by atoms with van der Waals surface area (Å²) in [7, 11) is 3.25. The lowest BCUT2D eigenvalue weighted by atomic mass is 9.77. The molecule has 33 heavy (non-hydrogen) atoms. The fourth-order valence-electron chi connectivity index (χ4n) is 5.22. The second kappa shape index (κ2) is 9.47. The number of aliphatic hydroxyl groups excluding tert-OH is 3. The van der Waals surface area contributed by atoms with E-state index in [1.807, 2.05) is 0 Å². The molecule has 0 radical (unpaired) electrons. The van der Waals surface area contributed by atoms with Crippen LogP contribution < -0.4 is 16.0 Å². The maximum absolute atomic E-state index is 11.6. The van der Waals surface area contributed by atoms with Crippen LogP contribution in [-0.4, -0.2) is 106 Å². The van der Waals surface area contributed by atoms with Crippen molar-refractivity contribution < 1.29 is 44.2 Å². The maximum Gasteiger partial charge on any atom is 0.249 e. The molecule has 0 amide bonds. The Morgan fingerprint density at radius 1 is 1.00 bits per heavy atom. The molecule has 1 saturated carbocycles. The number of rotatable bonds is 7. The Kier molecular flexibility index (Phi) is 7.16. The van der Waals surface area contributed by atoms with Crippen LogP contribution in [0.3, 0.4) is 0 Å². The van der Waals surface area contributed by atoms with Gasteiger partial charge in [0.1, 0.15) is 42.0 Å². The van der Waals surface area contributed by atoms with Gasteiger partial charge in [0.05, 0.1) is 30.8 Å². The van der Waals surface area contributed by atoms with Gasteiger partial charge in [-0.3, -0.25) is 0 Å². The van der Waals surface area contributed by atoms with Gasteiger partial charge in [-0.15, -0.1) is 0 Å². The highest BCUT2D eigenvalue weighted by Gasteiger charge is 2.68. The van der Waals surface area contributed by atoms with Crippen molar-refractivity contribution >= 4 is 0 Å². The van der Waals surface area contributed by atoms with Crippen molar-refractivity contribution in [2.75, 3.05) is 20.6 Å². The van der Waals surface area contributed by atoms with Crippen molar-refractivity contribution in [2.24, 2.45) is 0 Å². The standard InChI is InChI=1S/C21H35N3O9/c1-10-6-20(28,9-24-7-11-4-5-12(8-25)31-11)21(29)19(30-10)32-18-16(27)13(22-2)15(26)14(23-3)17(18)33-21/h4-5,10,13-19,22-29H,6-9H2,1-3H3/t10-,13-,14+,15+,16+,17?,18?,19?,20-,21-/m1/s1. The highest BCUT2D eigenvalue weighted by Crippen LogP contribution is 2.46. The first-order valence-electron chi connectivity index (χ1n) is 11.2. The molecule has 188 valence electrons. The first kappa shape index (κ1) is 24.9. The highest BCUT2D eigenvalue weighted by molar-refractivity contribution is 5.13. The smallest absolute Gasteiger partial charge is 0.249 e. The largest absolute Gasteiger partial charge is 0.462 e. The molecule has 3 aliphatic rings. The Labute approximate surface area is 191 Å². The van der Waals surface area contributed by atoms with Gasteiger partial charge in [0.15, 0.2) is 0 Å². The number of nitrogens with one attached hydrogen (secondary N) is 3. The molecule has 2 aliphatic heterocycles. The first-order valence-corrected chi connectivity index (χ1v) is 11.2. The lowest BCUT2D eigenvalue weighted by Crippen LogP contribution is -2.81. The second-order valence-electron chi connectivity index (χ2n) is 9.13. The molecule has 8 N–H and O–H groups in total. The second-order valence-corrected chi connectivity index (χ2v) is 9.13. The molecular formula is C21H35N3O9. The summed E-state index contributed by atoms with van der Waals surface area (Å²) in [6, 6.07) is 1.97. The highest BCUT2D eigenvalue weighted by atomic mass is 16.8. The molecule has 1 aliphatic carbocycles. The van der Waals surface area contributed by atoms with E-state index in [4.69, 9.17) is 23.7 Å². The number of hydrogen-bond donors (Lipinski definition) is 8. The topological polar surface area (TPSA) is 178 Å². The van der Waals surface area contributed by atoms with Gasteiger partial charge in [0.2, 0.25) is 12.1 Å². The average Bonchev–Trinajstić information content (AvgIpc) is 3.23. The summed E-state index contributed by atoms with van der Waals surface area (Å²) in [5.74, 6) is -1.29. The molecule has 12 heteroatoms. The third kappa shape index (κ3) is 4.23. The number of likely N-dealkylation sites (N-methyl/N-ethyl adjacent to an activating group) is 2. The minimum atomic E-state index is -2.27. The van der Waals surface area contributed by atoms with Crippen LogP contribution in [0.2, 0.25) is 0 Å². The third-order valence-electron chi connectivity index (χ3n) is 6.94. The van der Waals surface area contributed by atoms with E-state index in [9.17, 15) is 20.4 Å². The molecule has 1 aromatic heterocycles. The van der Waals surface area contributed by atoms with Crippen molar-refractivity contribution in [2.45, 2.75) is 86.8 Å². The summed E-state index contributed by atoms with van der Waals surface area (Å²) in [4.78, 5) is 0. The lowest BCUT2D eigenvalue weighted by molar-refractivity contribution is -0.482. The Morgan fingerprint density at radius 3 is 2.33 bits per heavy atom. The summed E-state index contributed by atoms with van der Waals surface area (Å²) in [5.41, 5.74) is -1.82. The Hall–Kier alpha value is -1.16. The number of aliphatic hydroxyl groups is 5. The molecule has 0 aromatic carbocycles. The van der Waals surface area contributed by atoms with E-state index >= 15 is 0 Å². The van der Waals surface area contributed by atoms with Gasteiger partial charge in [0.25, 0.3) is 0 Å². The average molecular weight is 474 g/mol. The van der Waals surface area contributed by atoms with E-state index in [-0.39, 0.29) is 26.1 Å². The minimum Gasteiger partial charge on any atom is -0.462 e. The molecule has 3 fully saturated rings. The summed E-state index contributed by atoms with van der Waals surface area (Å²) in [6.45, 7) is 1.68. The van der Waals surface area contributed by atoms with E-state index < -0.39 is 60.3 Å². The predicted octanol–water partition coefficient (Wildman–Crippen LogP) is -2.89. The maximum atomic E-state index is 11.6. The molecule has 4 rings (SSSR count). The summed E-state index contributed by atoms with van der Waals surface area (Å²) in [6.07, 6.45) is -5.87. The van der Waals surface area contributed by atoms with Crippen LogP contribution in [0.5, 0.6) is 0 Å². The van der Waals surface area contributed by atoms with Crippen molar-refractivity contribution in [3.8, 4) is 0 Å². The van der Waals surface area contributed by atoms with Crippen molar-refractivity contribution in [3.63, 3.8) is 0 Å². The zero-order chi connectivity index (χ0) is 24.0. The molecule has 3 heterocycles. The molecule has 1 aromatic rings. The SMILES string of the molecule is CN[C@@H]1[C@H](O)[C@H](NC)C2O[C@]3(O)C(OC2[C@H]1O)O[C@H](C)C[C@@]3(O)CNCc1ccc(CO)o1. The van der Waals surface area contributed by atoms with E-state index in [1.165, 1.54) is 0 Å². The zero-order valence-electron chi connectivity index (χ0n) is 19.0. The normalized spacial score (nSPS) is 45.5. The predicted molar refractivity (Wildman–Crippen MR) is 113 cm³/mol. The number of hydrogen-bond acceptors (Lipinski definition) is 12. The van der Waals surface area contributed by atoms with Crippen molar-refractivity contribution in [1.29, 1.82) is 0 Å². The molecule has 3 unspecified atom stereocenters. The molecule has 10 atom stereocenters. The third-order valence-corrected chi connectivity index (χ3v) is 6.94. The van der Waals surface area contributed by atoms with Crippen LogP contribution in [-0.2, 0) is 27.4 Å². The van der Waals surface area contributed by atoms with E-state index in [2.05, 4.69) is 16.0 Å². The summed E-state index contributed by atoms with van der Waals surface area (Å²) in [5, 5.41) is 62.8. The van der Waals surface area contributed by atoms with Gasteiger partial charge in [-0.1, -0.05) is 0 Å². The van der Waals surface area contributed by atoms with Crippen molar-refractivity contribution in [1.82, 2.24) is 16.0 Å². The lowest BCUT2D eigenvalue weighted by Gasteiger charge is -2.60. The Balaban J connectivity index is 1.55. The fourth-order valence-corrected chi connectivity index (χ4v) is 5.22. The van der Waals surface area contributed by atoms with Crippen LogP contribution in [0.1, 0.15) is 24.9 Å². The van der Waals surface area contributed by atoms with Gasteiger partial charge in [-0.2, -0.15) is 0 Å². The molecule has 12 nitrogen and oxygen atoms in total. The van der Waals surface area contributed by atoms with Gasteiger partial charge in [0, 0.05) is 13.0 Å². The van der Waals surface area contributed by atoms with E-state index in [1.54, 1.807) is 33.2 Å². The molecule has 2 saturated heterocycles. The summed E-state index contributed by atoms with van der Waals surface area (Å²) < 4.78 is 23.3. The van der Waals surface area contributed by atoms with Crippen molar-refractivity contribution in [3.05, 3.63) is 23.7 Å².